The molecular weight excluding hydrogens is 256 g/mol. The molecule has 4 heteroatoms. The van der Waals surface area contributed by atoms with Crippen molar-refractivity contribution in [3.8, 4) is 0 Å². The van der Waals surface area contributed by atoms with Crippen LogP contribution in [-0.2, 0) is 19.1 Å². The molecule has 3 saturated carbocycles. The summed E-state index contributed by atoms with van der Waals surface area (Å²) in [6, 6.07) is 0. The van der Waals surface area contributed by atoms with Crippen molar-refractivity contribution in [2.75, 3.05) is 13.2 Å². The predicted molar refractivity (Wildman–Crippen MR) is 74.7 cm³/mol. The lowest BCUT2D eigenvalue weighted by atomic mass is 9.60. The van der Waals surface area contributed by atoms with Crippen molar-refractivity contribution in [3.63, 3.8) is 0 Å². The average Bonchev–Trinajstić information content (AvgIpc) is 2.87. The minimum atomic E-state index is -0.403. The van der Waals surface area contributed by atoms with Crippen LogP contribution >= 0.6 is 0 Å². The lowest BCUT2D eigenvalue weighted by Crippen LogP contribution is -2.40. The fourth-order valence-electron chi connectivity index (χ4n) is 3.90. The Labute approximate surface area is 119 Å². The smallest absolute Gasteiger partial charge is 0.310 e. The zero-order valence-corrected chi connectivity index (χ0v) is 12.1. The number of carbonyl (C=O) groups is 2. The molecule has 20 heavy (non-hydrogen) atoms. The quantitative estimate of drug-likeness (QED) is 0.553. The number of carbonyl (C=O) groups excluding carboxylic acids is 2. The third-order valence-corrected chi connectivity index (χ3v) is 5.10. The first-order valence-electron chi connectivity index (χ1n) is 7.02. The van der Waals surface area contributed by atoms with E-state index in [9.17, 15) is 9.59 Å². The molecule has 0 spiro atoms. The van der Waals surface area contributed by atoms with E-state index in [0.29, 0.717) is 5.92 Å². The van der Waals surface area contributed by atoms with E-state index < -0.39 is 5.92 Å². The Hall–Kier alpha value is -1.58. The van der Waals surface area contributed by atoms with E-state index in [1.165, 1.54) is 12.2 Å². The van der Waals surface area contributed by atoms with Gasteiger partial charge in [0.1, 0.15) is 13.2 Å². The molecular formula is C16H22O4. The van der Waals surface area contributed by atoms with Gasteiger partial charge in [-0.15, -0.1) is 0 Å². The zero-order chi connectivity index (χ0) is 14.9. The van der Waals surface area contributed by atoms with Gasteiger partial charge in [0.25, 0.3) is 0 Å². The first-order valence-corrected chi connectivity index (χ1v) is 7.02. The van der Waals surface area contributed by atoms with E-state index in [1.54, 1.807) is 0 Å². The van der Waals surface area contributed by atoms with Gasteiger partial charge in [-0.1, -0.05) is 39.2 Å². The maximum Gasteiger partial charge on any atom is 0.310 e. The van der Waals surface area contributed by atoms with Crippen LogP contribution in [0.2, 0.25) is 0 Å². The van der Waals surface area contributed by atoms with Crippen LogP contribution in [-0.4, -0.2) is 25.2 Å². The summed E-state index contributed by atoms with van der Waals surface area (Å²) in [5.41, 5.74) is -0.152. The SMILES string of the molecule is C=CCOC(=O)C1C2CC(C)(C2C)C1C(=O)OCC=C. The summed E-state index contributed by atoms with van der Waals surface area (Å²) < 4.78 is 10.4. The van der Waals surface area contributed by atoms with Gasteiger partial charge < -0.3 is 9.47 Å². The van der Waals surface area contributed by atoms with Crippen LogP contribution in [0.3, 0.4) is 0 Å². The van der Waals surface area contributed by atoms with E-state index in [1.807, 2.05) is 0 Å². The topological polar surface area (TPSA) is 52.6 Å². The average molecular weight is 278 g/mol. The summed E-state index contributed by atoms with van der Waals surface area (Å²) in [6.07, 6.45) is 3.96. The summed E-state index contributed by atoms with van der Waals surface area (Å²) in [7, 11) is 0. The van der Waals surface area contributed by atoms with Gasteiger partial charge in [-0.05, 0) is 23.7 Å². The molecule has 0 heterocycles. The van der Waals surface area contributed by atoms with Gasteiger partial charge in [0, 0.05) is 0 Å². The largest absolute Gasteiger partial charge is 0.461 e. The molecule has 110 valence electrons. The zero-order valence-electron chi connectivity index (χ0n) is 12.1. The van der Waals surface area contributed by atoms with E-state index in [-0.39, 0.29) is 42.4 Å². The molecule has 3 aliphatic rings. The summed E-state index contributed by atoms with van der Waals surface area (Å²) in [6.45, 7) is 11.6. The van der Waals surface area contributed by atoms with Crippen molar-refractivity contribution >= 4 is 11.9 Å². The Morgan fingerprint density at radius 3 is 2.25 bits per heavy atom. The second-order valence-electron chi connectivity index (χ2n) is 6.00. The lowest BCUT2D eigenvalue weighted by Gasteiger charge is -2.44. The number of hydrogen-bond acceptors (Lipinski definition) is 4. The Balaban J connectivity index is 2.16. The van der Waals surface area contributed by atoms with Crippen molar-refractivity contribution in [2.24, 2.45) is 29.1 Å². The molecule has 0 amide bonds. The van der Waals surface area contributed by atoms with E-state index >= 15 is 0 Å². The Kier molecular flexibility index (Phi) is 4.02. The van der Waals surface area contributed by atoms with Crippen LogP contribution in [0, 0.1) is 29.1 Å². The van der Waals surface area contributed by atoms with Crippen LogP contribution in [0.1, 0.15) is 20.3 Å². The molecule has 4 nitrogen and oxygen atoms in total. The highest BCUT2D eigenvalue weighted by Gasteiger charge is 2.70. The van der Waals surface area contributed by atoms with Crippen molar-refractivity contribution in [2.45, 2.75) is 20.3 Å². The van der Waals surface area contributed by atoms with Gasteiger partial charge in [-0.3, -0.25) is 9.59 Å². The number of fused-ring (bicyclic) bond motifs is 1. The number of hydrogen-bond donors (Lipinski definition) is 0. The van der Waals surface area contributed by atoms with Crippen LogP contribution in [0.15, 0.2) is 25.3 Å². The van der Waals surface area contributed by atoms with Gasteiger partial charge in [0.2, 0.25) is 0 Å². The number of esters is 2. The second kappa shape index (κ2) is 5.43. The highest BCUT2D eigenvalue weighted by molar-refractivity contribution is 5.85. The van der Waals surface area contributed by atoms with Crippen molar-refractivity contribution < 1.29 is 19.1 Å². The fraction of sp³-hybridized carbons (Fsp3) is 0.625. The molecule has 3 fully saturated rings. The number of rotatable bonds is 6. The van der Waals surface area contributed by atoms with Crippen LogP contribution < -0.4 is 0 Å². The molecule has 3 aliphatic carbocycles. The van der Waals surface area contributed by atoms with E-state index in [4.69, 9.17) is 9.47 Å². The molecule has 0 N–H and O–H groups in total. The molecule has 0 saturated heterocycles. The minimum absolute atomic E-state index is 0.152. The standard InChI is InChI=1S/C16H22O4/c1-5-7-19-14(17)12-11-9-16(4,10(11)3)13(12)15(18)20-8-6-2/h5-6,10-13H,1-2,7-9H2,3-4H3. The first kappa shape index (κ1) is 14.8. The predicted octanol–water partition coefficient (Wildman–Crippen LogP) is 2.35. The fourth-order valence-corrected chi connectivity index (χ4v) is 3.90. The highest BCUT2D eigenvalue weighted by atomic mass is 16.5. The van der Waals surface area contributed by atoms with Crippen molar-refractivity contribution in [1.29, 1.82) is 0 Å². The molecule has 0 aromatic carbocycles. The van der Waals surface area contributed by atoms with E-state index in [0.717, 1.165) is 6.42 Å². The molecule has 5 atom stereocenters. The summed E-state index contributed by atoms with van der Waals surface area (Å²) in [4.78, 5) is 24.5. The molecule has 5 unspecified atom stereocenters. The van der Waals surface area contributed by atoms with E-state index in [2.05, 4.69) is 27.0 Å². The second-order valence-corrected chi connectivity index (χ2v) is 6.00. The van der Waals surface area contributed by atoms with Crippen LogP contribution in [0.25, 0.3) is 0 Å². The number of ether oxygens (including phenoxy) is 2. The Morgan fingerprint density at radius 2 is 1.75 bits per heavy atom. The van der Waals surface area contributed by atoms with Crippen LogP contribution in [0.5, 0.6) is 0 Å². The molecule has 0 aromatic heterocycles. The Bertz CT molecular complexity index is 442. The summed E-state index contributed by atoms with van der Waals surface area (Å²) in [5, 5.41) is 0. The summed E-state index contributed by atoms with van der Waals surface area (Å²) >= 11 is 0. The van der Waals surface area contributed by atoms with Gasteiger partial charge in [0.05, 0.1) is 11.8 Å². The normalized spacial score (nSPS) is 37.7. The highest BCUT2D eigenvalue weighted by Crippen LogP contribution is 2.68. The van der Waals surface area contributed by atoms with Gasteiger partial charge in [-0.25, -0.2) is 0 Å². The maximum atomic E-state index is 12.3. The molecule has 0 aromatic rings. The van der Waals surface area contributed by atoms with Gasteiger partial charge >= 0.3 is 11.9 Å². The Morgan fingerprint density at radius 1 is 1.20 bits per heavy atom. The monoisotopic (exact) mass is 278 g/mol. The van der Waals surface area contributed by atoms with Crippen molar-refractivity contribution in [3.05, 3.63) is 25.3 Å². The first-order chi connectivity index (χ1) is 9.47. The third kappa shape index (κ3) is 2.07. The van der Waals surface area contributed by atoms with Gasteiger partial charge in [0.15, 0.2) is 0 Å². The van der Waals surface area contributed by atoms with Crippen LogP contribution in [0.4, 0.5) is 0 Å². The molecule has 2 bridgehead atoms. The lowest BCUT2D eigenvalue weighted by molar-refractivity contribution is -0.159. The molecule has 0 radical (unpaired) electrons. The minimum Gasteiger partial charge on any atom is -0.461 e. The molecule has 3 rings (SSSR count). The van der Waals surface area contributed by atoms with Gasteiger partial charge in [-0.2, -0.15) is 0 Å². The maximum absolute atomic E-state index is 12.3. The third-order valence-electron chi connectivity index (χ3n) is 5.10. The van der Waals surface area contributed by atoms with Crippen molar-refractivity contribution in [1.82, 2.24) is 0 Å². The summed E-state index contributed by atoms with van der Waals surface area (Å²) in [5.74, 6) is -0.834. The molecule has 0 aliphatic heterocycles.